The van der Waals surface area contributed by atoms with Crippen LogP contribution in [-0.4, -0.2) is 27.3 Å². The van der Waals surface area contributed by atoms with Gasteiger partial charge in [0.2, 0.25) is 0 Å². The van der Waals surface area contributed by atoms with Crippen molar-refractivity contribution in [3.8, 4) is 11.4 Å². The number of Topliss-reactive ketones (excluding diaryl/α,β-unsaturated/α-hetero) is 1. The molecule has 0 aliphatic rings. The van der Waals surface area contributed by atoms with Gasteiger partial charge in [0.05, 0.1) is 6.04 Å². The summed E-state index contributed by atoms with van der Waals surface area (Å²) >= 11 is 0. The van der Waals surface area contributed by atoms with Crippen molar-refractivity contribution < 1.29 is 4.79 Å². The molecule has 3 N–H and O–H groups in total. The van der Waals surface area contributed by atoms with Crippen molar-refractivity contribution in [1.82, 2.24) is 20.3 Å². The second-order valence-electron chi connectivity index (χ2n) is 8.78. The van der Waals surface area contributed by atoms with E-state index in [4.69, 9.17) is 0 Å². The average Bonchev–Trinajstić information content (AvgIpc) is 3.49. The van der Waals surface area contributed by atoms with E-state index in [1.807, 2.05) is 67.8 Å². The van der Waals surface area contributed by atoms with Crippen LogP contribution in [0.3, 0.4) is 0 Å². The van der Waals surface area contributed by atoms with Crippen LogP contribution in [0, 0.1) is 13.8 Å². The molecule has 2 heterocycles. The Morgan fingerprint density at radius 2 is 1.79 bits per heavy atom. The number of hydrogen-bond acceptors (Lipinski definition) is 3. The van der Waals surface area contributed by atoms with Crippen LogP contribution in [0.1, 0.15) is 38.8 Å². The summed E-state index contributed by atoms with van der Waals surface area (Å²) in [6.45, 7) is 4.78. The third-order valence-electron chi connectivity index (χ3n) is 6.20. The summed E-state index contributed by atoms with van der Waals surface area (Å²) in [7, 11) is 0. The lowest BCUT2D eigenvalue weighted by Gasteiger charge is -2.18. The van der Waals surface area contributed by atoms with E-state index in [1.54, 1.807) is 0 Å². The molecule has 2 aromatic heterocycles. The van der Waals surface area contributed by atoms with Crippen LogP contribution in [0.25, 0.3) is 22.3 Å². The van der Waals surface area contributed by atoms with Gasteiger partial charge in [-0.2, -0.15) is 0 Å². The number of aromatic nitrogens is 3. The number of rotatable bonds is 8. The average molecular weight is 449 g/mol. The zero-order valence-corrected chi connectivity index (χ0v) is 19.4. The fourth-order valence-corrected chi connectivity index (χ4v) is 4.32. The van der Waals surface area contributed by atoms with E-state index in [0.717, 1.165) is 40.0 Å². The number of imidazole rings is 1. The minimum Gasteiger partial charge on any atom is -0.360 e. The standard InChI is InChI=1S/C29H28N4O/c1-19-8-10-21(11-9-19)14-15-30-27(22-6-4-3-5-7-22)28(34)25-18-31-26-16-23(12-13-24(25)26)29-32-17-20(2)33-29/h3-13,16-18,27,30-31H,14-15H2,1-2H3,(H,32,33)/t27-/m0/s1. The van der Waals surface area contributed by atoms with E-state index in [-0.39, 0.29) is 5.78 Å². The Bertz CT molecular complexity index is 1410. The van der Waals surface area contributed by atoms with Gasteiger partial charge in [-0.3, -0.25) is 4.79 Å². The lowest BCUT2D eigenvalue weighted by atomic mass is 9.96. The molecular formula is C29H28N4O. The predicted octanol–water partition coefficient (Wildman–Crippen LogP) is 5.93. The summed E-state index contributed by atoms with van der Waals surface area (Å²) in [5.41, 5.74) is 7.07. The molecule has 1 atom stereocenters. The Morgan fingerprint density at radius 1 is 1.00 bits per heavy atom. The molecular weight excluding hydrogens is 420 g/mol. The Labute approximate surface area is 199 Å². The number of nitrogens with zero attached hydrogens (tertiary/aromatic N) is 1. The van der Waals surface area contributed by atoms with Gasteiger partial charge in [0.25, 0.3) is 0 Å². The molecule has 5 nitrogen and oxygen atoms in total. The van der Waals surface area contributed by atoms with Crippen molar-refractivity contribution in [2.75, 3.05) is 6.54 Å². The van der Waals surface area contributed by atoms with Gasteiger partial charge in [-0.1, -0.05) is 72.3 Å². The fraction of sp³-hybridized carbons (Fsp3) is 0.172. The monoisotopic (exact) mass is 448 g/mol. The van der Waals surface area contributed by atoms with Gasteiger partial charge >= 0.3 is 0 Å². The highest BCUT2D eigenvalue weighted by Crippen LogP contribution is 2.28. The second kappa shape index (κ2) is 9.49. The first-order valence-corrected chi connectivity index (χ1v) is 11.6. The van der Waals surface area contributed by atoms with E-state index in [0.29, 0.717) is 12.1 Å². The Balaban J connectivity index is 1.40. The molecule has 170 valence electrons. The number of nitrogens with one attached hydrogen (secondary N) is 3. The summed E-state index contributed by atoms with van der Waals surface area (Å²) in [5.74, 6) is 0.879. The molecule has 0 bridgehead atoms. The van der Waals surface area contributed by atoms with E-state index in [1.165, 1.54) is 11.1 Å². The molecule has 0 unspecified atom stereocenters. The lowest BCUT2D eigenvalue weighted by Crippen LogP contribution is -2.30. The molecule has 0 aliphatic heterocycles. The van der Waals surface area contributed by atoms with Crippen LogP contribution in [0.4, 0.5) is 0 Å². The van der Waals surface area contributed by atoms with Crippen LogP contribution < -0.4 is 5.32 Å². The second-order valence-corrected chi connectivity index (χ2v) is 8.78. The third kappa shape index (κ3) is 4.56. The summed E-state index contributed by atoms with van der Waals surface area (Å²) in [6, 6.07) is 24.1. The quantitative estimate of drug-likeness (QED) is 0.258. The van der Waals surface area contributed by atoms with Gasteiger partial charge < -0.3 is 15.3 Å². The van der Waals surface area contributed by atoms with Crippen molar-refractivity contribution in [1.29, 1.82) is 0 Å². The summed E-state index contributed by atoms with van der Waals surface area (Å²) in [5, 5.41) is 4.43. The molecule has 0 fully saturated rings. The number of carbonyl (C=O) groups excluding carboxylic acids is 1. The number of aryl methyl sites for hydroxylation is 2. The van der Waals surface area contributed by atoms with Crippen molar-refractivity contribution in [3.05, 3.63) is 113 Å². The van der Waals surface area contributed by atoms with Crippen LogP contribution >= 0.6 is 0 Å². The lowest BCUT2D eigenvalue weighted by molar-refractivity contribution is 0.0945. The Kier molecular flexibility index (Phi) is 6.11. The Hall–Kier alpha value is -3.96. The summed E-state index contributed by atoms with van der Waals surface area (Å²) < 4.78 is 0. The van der Waals surface area contributed by atoms with Crippen LogP contribution in [-0.2, 0) is 6.42 Å². The van der Waals surface area contributed by atoms with Crippen LogP contribution in [0.5, 0.6) is 0 Å². The molecule has 3 aromatic carbocycles. The number of benzene rings is 3. The highest BCUT2D eigenvalue weighted by Gasteiger charge is 2.24. The van der Waals surface area contributed by atoms with Gasteiger partial charge in [-0.15, -0.1) is 0 Å². The number of fused-ring (bicyclic) bond motifs is 1. The molecule has 0 saturated heterocycles. The van der Waals surface area contributed by atoms with Gasteiger partial charge in [-0.25, -0.2) is 4.98 Å². The molecule has 34 heavy (non-hydrogen) atoms. The van der Waals surface area contributed by atoms with Gasteiger partial charge in [0.15, 0.2) is 5.78 Å². The number of hydrogen-bond donors (Lipinski definition) is 3. The predicted molar refractivity (Wildman–Crippen MR) is 137 cm³/mol. The first-order valence-electron chi connectivity index (χ1n) is 11.6. The zero-order chi connectivity index (χ0) is 23.5. The Morgan fingerprint density at radius 3 is 2.53 bits per heavy atom. The largest absolute Gasteiger partial charge is 0.360 e. The minimum atomic E-state index is -0.418. The van der Waals surface area contributed by atoms with E-state index < -0.39 is 6.04 Å². The molecule has 0 spiro atoms. The van der Waals surface area contributed by atoms with E-state index in [2.05, 4.69) is 51.5 Å². The van der Waals surface area contributed by atoms with Crippen molar-refractivity contribution in [2.24, 2.45) is 0 Å². The molecule has 0 radical (unpaired) electrons. The molecule has 5 heteroatoms. The van der Waals surface area contributed by atoms with Gasteiger partial charge in [0.1, 0.15) is 5.82 Å². The highest BCUT2D eigenvalue weighted by atomic mass is 16.1. The van der Waals surface area contributed by atoms with E-state index in [9.17, 15) is 4.79 Å². The van der Waals surface area contributed by atoms with Crippen LogP contribution in [0.15, 0.2) is 85.2 Å². The van der Waals surface area contributed by atoms with Crippen molar-refractivity contribution in [3.63, 3.8) is 0 Å². The number of ketones is 1. The number of carbonyl (C=O) groups is 1. The SMILES string of the molecule is Cc1ccc(CCN[C@H](C(=O)c2c[nH]c3cc(-c4ncc(C)[nH]4)ccc23)c2ccccc2)cc1. The maximum absolute atomic E-state index is 13.8. The van der Waals surface area contributed by atoms with E-state index >= 15 is 0 Å². The van der Waals surface area contributed by atoms with Crippen molar-refractivity contribution in [2.45, 2.75) is 26.3 Å². The topological polar surface area (TPSA) is 73.6 Å². The third-order valence-corrected chi connectivity index (χ3v) is 6.20. The first-order chi connectivity index (χ1) is 16.6. The van der Waals surface area contributed by atoms with Gasteiger partial charge in [-0.05, 0) is 37.5 Å². The molecule has 0 amide bonds. The smallest absolute Gasteiger partial charge is 0.186 e. The summed E-state index contributed by atoms with van der Waals surface area (Å²) in [6.07, 6.45) is 4.49. The molecule has 0 saturated carbocycles. The zero-order valence-electron chi connectivity index (χ0n) is 19.4. The molecule has 5 rings (SSSR count). The molecule has 5 aromatic rings. The number of aromatic amines is 2. The van der Waals surface area contributed by atoms with Crippen LogP contribution in [0.2, 0.25) is 0 Å². The maximum Gasteiger partial charge on any atom is 0.186 e. The normalized spacial score (nSPS) is 12.2. The fourth-order valence-electron chi connectivity index (χ4n) is 4.32. The van der Waals surface area contributed by atoms with Gasteiger partial charge in [0, 0.05) is 46.7 Å². The first kappa shape index (κ1) is 21.9. The minimum absolute atomic E-state index is 0.0583. The van der Waals surface area contributed by atoms with Crippen molar-refractivity contribution >= 4 is 16.7 Å². The maximum atomic E-state index is 13.8. The highest BCUT2D eigenvalue weighted by molar-refractivity contribution is 6.11. The summed E-state index contributed by atoms with van der Waals surface area (Å²) in [4.78, 5) is 24.7. The number of H-pyrrole nitrogens is 2. The molecule has 0 aliphatic carbocycles.